The van der Waals surface area contributed by atoms with E-state index in [1.807, 2.05) is 42.0 Å². The standard InChI is InChI=1S/C16H24N4O2.C8H9Cl/c1-5-18(4)12(2)6-7-16(22)19-8-9-20-14(13(3)21)10-17-15(20)11-19;1-2-7-5-3-4-6-8(7)9/h6-7,10,12H,5,8-9,11H2,1-4H3;3-6H,2H2,1H3/b7-6+;. The Hall–Kier alpha value is -2.44. The Morgan fingerprint density at radius 3 is 2.55 bits per heavy atom. The van der Waals surface area contributed by atoms with Crippen molar-refractivity contribution in [1.29, 1.82) is 0 Å². The molecule has 168 valence electrons. The summed E-state index contributed by atoms with van der Waals surface area (Å²) in [5.74, 6) is 0.779. The third kappa shape index (κ3) is 6.77. The van der Waals surface area contributed by atoms with Crippen LogP contribution in [0.25, 0.3) is 0 Å². The second-order valence-corrected chi connectivity index (χ2v) is 8.05. The lowest BCUT2D eigenvalue weighted by atomic mass is 10.2. The summed E-state index contributed by atoms with van der Waals surface area (Å²) in [7, 11) is 2.03. The number of benzene rings is 1. The summed E-state index contributed by atoms with van der Waals surface area (Å²) in [4.78, 5) is 32.0. The fraction of sp³-hybridized carbons (Fsp3) is 0.458. The molecule has 1 aromatic carbocycles. The van der Waals surface area contributed by atoms with Crippen LogP contribution in [0.2, 0.25) is 5.02 Å². The maximum atomic E-state index is 12.3. The van der Waals surface area contributed by atoms with Crippen molar-refractivity contribution in [2.75, 3.05) is 20.1 Å². The second-order valence-electron chi connectivity index (χ2n) is 7.65. The van der Waals surface area contributed by atoms with Crippen LogP contribution >= 0.6 is 11.6 Å². The number of halogens is 1. The van der Waals surface area contributed by atoms with Crippen molar-refractivity contribution in [3.8, 4) is 0 Å². The molecular weight excluding hydrogens is 412 g/mol. The molecule has 1 aliphatic heterocycles. The van der Waals surface area contributed by atoms with Crippen molar-refractivity contribution in [2.45, 2.75) is 53.2 Å². The third-order valence-corrected chi connectivity index (χ3v) is 5.96. The summed E-state index contributed by atoms with van der Waals surface area (Å²) in [6, 6.07) is 8.14. The van der Waals surface area contributed by atoms with Gasteiger partial charge in [-0.1, -0.05) is 49.7 Å². The van der Waals surface area contributed by atoms with Crippen molar-refractivity contribution in [2.24, 2.45) is 0 Å². The molecule has 0 bridgehead atoms. The lowest BCUT2D eigenvalue weighted by Crippen LogP contribution is -2.38. The maximum Gasteiger partial charge on any atom is 0.246 e. The number of amides is 1. The molecule has 1 atom stereocenters. The van der Waals surface area contributed by atoms with Crippen molar-refractivity contribution in [3.63, 3.8) is 0 Å². The predicted molar refractivity (Wildman–Crippen MR) is 125 cm³/mol. The van der Waals surface area contributed by atoms with E-state index in [1.165, 1.54) is 12.5 Å². The summed E-state index contributed by atoms with van der Waals surface area (Å²) < 4.78 is 1.91. The SMILES string of the molecule is CCN(C)C(C)/C=C/C(=O)N1CCn2c(C(C)=O)cnc2C1.CCc1ccccc1Cl. The third-order valence-electron chi connectivity index (χ3n) is 5.59. The highest BCUT2D eigenvalue weighted by Crippen LogP contribution is 2.16. The minimum atomic E-state index is -0.00465. The molecule has 0 spiro atoms. The molecule has 6 nitrogen and oxygen atoms in total. The average molecular weight is 445 g/mol. The quantitative estimate of drug-likeness (QED) is 0.494. The van der Waals surface area contributed by atoms with Gasteiger partial charge in [-0.2, -0.15) is 0 Å². The Morgan fingerprint density at radius 1 is 1.26 bits per heavy atom. The van der Waals surface area contributed by atoms with Gasteiger partial charge in [0.15, 0.2) is 5.78 Å². The van der Waals surface area contributed by atoms with Crippen LogP contribution in [0.3, 0.4) is 0 Å². The first-order valence-electron chi connectivity index (χ1n) is 10.7. The lowest BCUT2D eigenvalue weighted by molar-refractivity contribution is -0.127. The van der Waals surface area contributed by atoms with E-state index in [2.05, 4.69) is 30.7 Å². The van der Waals surface area contributed by atoms with Crippen molar-refractivity contribution < 1.29 is 9.59 Å². The van der Waals surface area contributed by atoms with Crippen LogP contribution in [0.15, 0.2) is 42.6 Å². The fourth-order valence-electron chi connectivity index (χ4n) is 3.28. The maximum absolute atomic E-state index is 12.3. The molecule has 1 unspecified atom stereocenters. The molecule has 2 aromatic rings. The van der Waals surface area contributed by atoms with Gasteiger partial charge in [0.2, 0.25) is 5.91 Å². The number of ketones is 1. The number of nitrogens with zero attached hydrogens (tertiary/aromatic N) is 4. The zero-order valence-corrected chi connectivity index (χ0v) is 19.9. The number of rotatable bonds is 6. The molecule has 31 heavy (non-hydrogen) atoms. The number of fused-ring (bicyclic) bond motifs is 1. The highest BCUT2D eigenvalue weighted by Gasteiger charge is 2.23. The Labute approximate surface area is 190 Å². The Bertz CT molecular complexity index is 922. The number of carbonyl (C=O) groups excluding carboxylic acids is 2. The molecule has 0 N–H and O–H groups in total. The van der Waals surface area contributed by atoms with Gasteiger partial charge in [0.05, 0.1) is 12.7 Å². The molecule has 1 amide bonds. The summed E-state index contributed by atoms with van der Waals surface area (Å²) in [6.07, 6.45) is 6.18. The normalized spacial score (nSPS) is 14.2. The Kier molecular flexibility index (Phi) is 9.46. The van der Waals surface area contributed by atoms with Crippen LogP contribution in [0.1, 0.15) is 49.6 Å². The molecule has 0 aliphatic carbocycles. The number of aromatic nitrogens is 2. The van der Waals surface area contributed by atoms with Crippen molar-refractivity contribution >= 4 is 23.3 Å². The average Bonchev–Trinajstić information content (AvgIpc) is 3.21. The summed E-state index contributed by atoms with van der Waals surface area (Å²) >= 11 is 5.82. The summed E-state index contributed by atoms with van der Waals surface area (Å²) in [5, 5.41) is 0.875. The summed E-state index contributed by atoms with van der Waals surface area (Å²) in [6.45, 7) is 10.4. The molecule has 1 aromatic heterocycles. The molecule has 0 saturated heterocycles. The minimum absolute atomic E-state index is 0.00465. The minimum Gasteiger partial charge on any atom is -0.330 e. The van der Waals surface area contributed by atoms with Crippen LogP contribution in [-0.2, 0) is 24.3 Å². The number of hydrogen-bond donors (Lipinski definition) is 0. The van der Waals surface area contributed by atoms with E-state index >= 15 is 0 Å². The lowest BCUT2D eigenvalue weighted by Gasteiger charge is -2.27. The number of imidazole rings is 1. The van der Waals surface area contributed by atoms with E-state index in [0.717, 1.165) is 23.8 Å². The Morgan fingerprint density at radius 2 is 1.97 bits per heavy atom. The van der Waals surface area contributed by atoms with E-state index in [0.29, 0.717) is 25.3 Å². The van der Waals surface area contributed by atoms with Gasteiger partial charge in [-0.05, 0) is 38.6 Å². The van der Waals surface area contributed by atoms with E-state index in [4.69, 9.17) is 11.6 Å². The highest BCUT2D eigenvalue weighted by molar-refractivity contribution is 6.31. The van der Waals surface area contributed by atoms with Crippen molar-refractivity contribution in [3.05, 3.63) is 64.7 Å². The molecule has 3 rings (SSSR count). The number of Topliss-reactive ketones (excluding diaryl/α,β-unsaturated/α-hetero) is 1. The molecule has 7 heteroatoms. The van der Waals surface area contributed by atoms with Gasteiger partial charge in [-0.25, -0.2) is 4.98 Å². The zero-order chi connectivity index (χ0) is 23.0. The first-order valence-corrected chi connectivity index (χ1v) is 11.1. The van der Waals surface area contributed by atoms with Crippen LogP contribution in [0.5, 0.6) is 0 Å². The van der Waals surface area contributed by atoms with E-state index in [1.54, 1.807) is 17.2 Å². The van der Waals surface area contributed by atoms with Gasteiger partial charge in [0.1, 0.15) is 11.5 Å². The van der Waals surface area contributed by atoms with Crippen LogP contribution in [0.4, 0.5) is 0 Å². The molecule has 0 radical (unpaired) electrons. The van der Waals surface area contributed by atoms with Gasteiger partial charge >= 0.3 is 0 Å². The van der Waals surface area contributed by atoms with E-state index in [9.17, 15) is 9.59 Å². The first-order chi connectivity index (χ1) is 14.8. The van der Waals surface area contributed by atoms with Gasteiger partial charge in [-0.3, -0.25) is 9.59 Å². The smallest absolute Gasteiger partial charge is 0.246 e. The van der Waals surface area contributed by atoms with Crippen LogP contribution in [0, 0.1) is 0 Å². The van der Waals surface area contributed by atoms with Gasteiger partial charge < -0.3 is 14.4 Å². The number of likely N-dealkylation sites (N-methyl/N-ethyl adjacent to an activating group) is 1. The van der Waals surface area contributed by atoms with E-state index < -0.39 is 0 Å². The predicted octanol–water partition coefficient (Wildman–Crippen LogP) is 4.23. The monoisotopic (exact) mass is 444 g/mol. The topological polar surface area (TPSA) is 58.4 Å². The number of carbonyl (C=O) groups is 2. The fourth-order valence-corrected chi connectivity index (χ4v) is 3.55. The van der Waals surface area contributed by atoms with Gasteiger partial charge in [0.25, 0.3) is 0 Å². The molecule has 0 fully saturated rings. The van der Waals surface area contributed by atoms with E-state index in [-0.39, 0.29) is 17.7 Å². The summed E-state index contributed by atoms with van der Waals surface area (Å²) in [5.41, 5.74) is 1.84. The largest absolute Gasteiger partial charge is 0.330 e. The van der Waals surface area contributed by atoms with Crippen LogP contribution < -0.4 is 0 Å². The Balaban J connectivity index is 0.000000316. The zero-order valence-electron chi connectivity index (χ0n) is 19.1. The second kappa shape index (κ2) is 11.8. The first kappa shape index (κ1) is 24.8. The molecule has 2 heterocycles. The van der Waals surface area contributed by atoms with Gasteiger partial charge in [-0.15, -0.1) is 0 Å². The molecular formula is C24H33ClN4O2. The van der Waals surface area contributed by atoms with Gasteiger partial charge in [0, 0.05) is 37.2 Å². The number of hydrogen-bond acceptors (Lipinski definition) is 4. The molecule has 1 aliphatic rings. The molecule has 0 saturated carbocycles. The van der Waals surface area contributed by atoms with Crippen molar-refractivity contribution in [1.82, 2.24) is 19.4 Å². The highest BCUT2D eigenvalue weighted by atomic mass is 35.5. The van der Waals surface area contributed by atoms with Crippen LogP contribution in [-0.4, -0.2) is 57.2 Å². The number of aryl methyl sites for hydroxylation is 1.